The molecule has 0 spiro atoms. The monoisotopic (exact) mass is 425 g/mol. The molecule has 2 aliphatic rings. The minimum Gasteiger partial charge on any atom is -0.376 e. The summed E-state index contributed by atoms with van der Waals surface area (Å²) in [4.78, 5) is 22.0. The Bertz CT molecular complexity index is 877. The molecule has 1 aromatic carbocycles. The highest BCUT2D eigenvalue weighted by Gasteiger charge is 2.28. The molecule has 3 heterocycles. The van der Waals surface area contributed by atoms with Gasteiger partial charge in [0.1, 0.15) is 11.5 Å². The Morgan fingerprint density at radius 2 is 1.94 bits per heavy atom. The number of nitrogens with zero attached hydrogens (tertiary/aromatic N) is 3. The summed E-state index contributed by atoms with van der Waals surface area (Å²) < 4.78 is 19.8. The van der Waals surface area contributed by atoms with Crippen molar-refractivity contribution in [1.82, 2.24) is 14.8 Å². The summed E-state index contributed by atoms with van der Waals surface area (Å²) in [6.45, 7) is 6.53. The van der Waals surface area contributed by atoms with Gasteiger partial charge in [-0.1, -0.05) is 24.3 Å². The van der Waals surface area contributed by atoms with Crippen molar-refractivity contribution in [2.45, 2.75) is 45.3 Å². The van der Waals surface area contributed by atoms with Crippen molar-refractivity contribution in [1.29, 1.82) is 0 Å². The summed E-state index contributed by atoms with van der Waals surface area (Å²) in [6.07, 6.45) is 4.20. The van der Waals surface area contributed by atoms with Crippen LogP contribution in [-0.2, 0) is 11.3 Å². The summed E-state index contributed by atoms with van der Waals surface area (Å²) >= 11 is 0. The molecule has 0 saturated carbocycles. The van der Waals surface area contributed by atoms with Crippen LogP contribution < -0.4 is 0 Å². The average Bonchev–Trinajstić information content (AvgIpc) is 3.29. The minimum absolute atomic E-state index is 0.00649. The Morgan fingerprint density at radius 3 is 2.65 bits per heavy atom. The van der Waals surface area contributed by atoms with Crippen LogP contribution in [0.15, 0.2) is 42.5 Å². The standard InChI is InChI=1S/C25H32FN3O2/c1-19-6-4-10-24(27-19)25(30)29(18-22-8-5-15-31-22)16-20-11-13-28(14-12-20)17-21-7-2-3-9-23(21)26/h2-4,6-7,9-10,20,22H,5,8,11-18H2,1H3. The Hall–Kier alpha value is -2.31. The highest BCUT2D eigenvalue weighted by molar-refractivity contribution is 5.92. The van der Waals surface area contributed by atoms with E-state index in [1.54, 1.807) is 12.1 Å². The second kappa shape index (κ2) is 10.3. The number of carbonyl (C=O) groups is 1. The molecule has 2 saturated heterocycles. The first-order valence-electron chi connectivity index (χ1n) is 11.4. The van der Waals surface area contributed by atoms with Crippen LogP contribution >= 0.6 is 0 Å². The van der Waals surface area contributed by atoms with Gasteiger partial charge in [-0.15, -0.1) is 0 Å². The van der Waals surface area contributed by atoms with Crippen molar-refractivity contribution >= 4 is 5.91 Å². The lowest BCUT2D eigenvalue weighted by atomic mass is 9.95. The molecule has 6 heteroatoms. The number of aromatic nitrogens is 1. The topological polar surface area (TPSA) is 45.7 Å². The predicted molar refractivity (Wildman–Crippen MR) is 118 cm³/mol. The average molecular weight is 426 g/mol. The number of amides is 1. The van der Waals surface area contributed by atoms with E-state index >= 15 is 0 Å². The van der Waals surface area contributed by atoms with Gasteiger partial charge in [-0.25, -0.2) is 9.37 Å². The maximum absolute atomic E-state index is 14.0. The molecule has 1 aromatic heterocycles. The van der Waals surface area contributed by atoms with E-state index in [1.807, 2.05) is 36.1 Å². The first-order chi connectivity index (χ1) is 15.1. The van der Waals surface area contributed by atoms with Gasteiger partial charge >= 0.3 is 0 Å². The van der Waals surface area contributed by atoms with Crippen LogP contribution in [0.4, 0.5) is 4.39 Å². The zero-order valence-electron chi connectivity index (χ0n) is 18.3. The van der Waals surface area contributed by atoms with Crippen LogP contribution in [0.3, 0.4) is 0 Å². The van der Waals surface area contributed by atoms with E-state index in [-0.39, 0.29) is 17.8 Å². The summed E-state index contributed by atoms with van der Waals surface area (Å²) in [6, 6.07) is 12.6. The normalized spacial score (nSPS) is 20.1. The van der Waals surface area contributed by atoms with Crippen molar-refractivity contribution in [3.05, 3.63) is 65.2 Å². The van der Waals surface area contributed by atoms with Gasteiger partial charge in [0.15, 0.2) is 0 Å². The van der Waals surface area contributed by atoms with E-state index in [0.717, 1.165) is 63.2 Å². The van der Waals surface area contributed by atoms with Crippen molar-refractivity contribution in [2.75, 3.05) is 32.8 Å². The van der Waals surface area contributed by atoms with Gasteiger partial charge in [0.2, 0.25) is 0 Å². The predicted octanol–water partition coefficient (Wildman–Crippen LogP) is 4.06. The fraction of sp³-hybridized carbons (Fsp3) is 0.520. The second-order valence-corrected chi connectivity index (χ2v) is 8.82. The molecule has 5 nitrogen and oxygen atoms in total. The van der Waals surface area contributed by atoms with Crippen molar-refractivity contribution in [3.8, 4) is 0 Å². The Morgan fingerprint density at radius 1 is 1.13 bits per heavy atom. The molecule has 2 aromatic rings. The SMILES string of the molecule is Cc1cccc(C(=O)N(CC2CCN(Cc3ccccc3F)CC2)CC2CCCO2)n1. The van der Waals surface area contributed by atoms with Gasteiger partial charge in [0.05, 0.1) is 6.10 Å². The third-order valence-electron chi connectivity index (χ3n) is 6.38. The molecule has 166 valence electrons. The first-order valence-corrected chi connectivity index (χ1v) is 11.4. The molecule has 2 fully saturated rings. The number of benzene rings is 1. The molecule has 0 aliphatic carbocycles. The van der Waals surface area contributed by atoms with Gasteiger partial charge in [0, 0.05) is 37.5 Å². The molecule has 0 radical (unpaired) electrons. The van der Waals surface area contributed by atoms with Gasteiger partial charge in [-0.3, -0.25) is 9.69 Å². The smallest absolute Gasteiger partial charge is 0.272 e. The van der Waals surface area contributed by atoms with Crippen LogP contribution in [-0.4, -0.2) is 59.6 Å². The lowest BCUT2D eigenvalue weighted by Crippen LogP contribution is -2.43. The molecule has 1 atom stereocenters. The Balaban J connectivity index is 1.36. The molecule has 31 heavy (non-hydrogen) atoms. The first kappa shape index (κ1) is 21.9. The largest absolute Gasteiger partial charge is 0.376 e. The fourth-order valence-corrected chi connectivity index (χ4v) is 4.60. The third kappa shape index (κ3) is 5.89. The number of hydrogen-bond acceptors (Lipinski definition) is 4. The van der Waals surface area contributed by atoms with Gasteiger partial charge < -0.3 is 9.64 Å². The maximum Gasteiger partial charge on any atom is 0.272 e. The minimum atomic E-state index is -0.136. The number of rotatable bonds is 7. The van der Waals surface area contributed by atoms with Crippen molar-refractivity contribution in [2.24, 2.45) is 5.92 Å². The number of piperidine rings is 1. The van der Waals surface area contributed by atoms with Crippen molar-refractivity contribution < 1.29 is 13.9 Å². The summed E-state index contributed by atoms with van der Waals surface area (Å²) in [5.74, 6) is 0.295. The zero-order chi connectivity index (χ0) is 21.6. The van der Waals surface area contributed by atoms with Crippen LogP contribution in [0.2, 0.25) is 0 Å². The number of aryl methyl sites for hydroxylation is 1. The molecule has 0 N–H and O–H groups in total. The molecule has 0 bridgehead atoms. The third-order valence-corrected chi connectivity index (χ3v) is 6.38. The number of ether oxygens (including phenoxy) is 1. The second-order valence-electron chi connectivity index (χ2n) is 8.82. The van der Waals surface area contributed by atoms with Crippen LogP contribution in [0.5, 0.6) is 0 Å². The zero-order valence-corrected chi connectivity index (χ0v) is 18.3. The van der Waals surface area contributed by atoms with E-state index in [4.69, 9.17) is 4.74 Å². The summed E-state index contributed by atoms with van der Waals surface area (Å²) in [5, 5.41) is 0. The fourth-order valence-electron chi connectivity index (χ4n) is 4.60. The molecule has 1 unspecified atom stereocenters. The Labute approximate surface area is 184 Å². The number of likely N-dealkylation sites (tertiary alicyclic amines) is 1. The number of halogens is 1. The van der Waals surface area contributed by atoms with Crippen LogP contribution in [0.25, 0.3) is 0 Å². The number of pyridine rings is 1. The van der Waals surface area contributed by atoms with Crippen molar-refractivity contribution in [3.63, 3.8) is 0 Å². The molecule has 4 rings (SSSR count). The Kier molecular flexibility index (Phi) is 7.30. The van der Waals surface area contributed by atoms with E-state index in [9.17, 15) is 9.18 Å². The lowest BCUT2D eigenvalue weighted by molar-refractivity contribution is 0.0440. The maximum atomic E-state index is 14.0. The molecule has 1 amide bonds. The number of hydrogen-bond donors (Lipinski definition) is 0. The summed E-state index contributed by atoms with van der Waals surface area (Å²) in [5.41, 5.74) is 2.11. The lowest BCUT2D eigenvalue weighted by Gasteiger charge is -2.35. The van der Waals surface area contributed by atoms with E-state index in [0.29, 0.717) is 24.7 Å². The van der Waals surface area contributed by atoms with E-state index in [1.165, 1.54) is 6.07 Å². The van der Waals surface area contributed by atoms with Gasteiger partial charge in [-0.2, -0.15) is 0 Å². The van der Waals surface area contributed by atoms with Gasteiger partial charge in [0.25, 0.3) is 5.91 Å². The molecular weight excluding hydrogens is 393 g/mol. The van der Waals surface area contributed by atoms with Crippen LogP contribution in [0.1, 0.15) is 47.4 Å². The quantitative estimate of drug-likeness (QED) is 0.671. The van der Waals surface area contributed by atoms with E-state index in [2.05, 4.69) is 9.88 Å². The van der Waals surface area contributed by atoms with Crippen LogP contribution in [0, 0.1) is 18.7 Å². The molecule has 2 aliphatic heterocycles. The highest BCUT2D eigenvalue weighted by atomic mass is 19.1. The summed E-state index contributed by atoms with van der Waals surface area (Å²) in [7, 11) is 0. The van der Waals surface area contributed by atoms with Gasteiger partial charge in [-0.05, 0) is 69.8 Å². The highest BCUT2D eigenvalue weighted by Crippen LogP contribution is 2.23. The molecular formula is C25H32FN3O2. The van der Waals surface area contributed by atoms with E-state index < -0.39 is 0 Å². The number of carbonyl (C=O) groups excluding carboxylic acids is 1.